The molecule has 0 fully saturated rings. The van der Waals surface area contributed by atoms with E-state index in [4.69, 9.17) is 11.6 Å². The van der Waals surface area contributed by atoms with Gasteiger partial charge in [-0.2, -0.15) is 0 Å². The molecule has 2 aromatic rings. The number of benzene rings is 1. The van der Waals surface area contributed by atoms with E-state index in [0.717, 1.165) is 11.1 Å². The molecule has 1 heterocycles. The van der Waals surface area contributed by atoms with Crippen LogP contribution in [0.15, 0.2) is 36.4 Å². The lowest BCUT2D eigenvalue weighted by Crippen LogP contribution is -2.28. The second-order valence-corrected chi connectivity index (χ2v) is 5.90. The summed E-state index contributed by atoms with van der Waals surface area (Å²) in [6.45, 7) is 2.11. The molecule has 0 bridgehead atoms. The van der Waals surface area contributed by atoms with Crippen LogP contribution in [0.4, 0.5) is 0 Å². The minimum atomic E-state index is -0.708. The van der Waals surface area contributed by atoms with Gasteiger partial charge in [0, 0.05) is 6.54 Å². The highest BCUT2D eigenvalue weighted by atomic mass is 35.5. The van der Waals surface area contributed by atoms with Crippen molar-refractivity contribution >= 4 is 28.8 Å². The van der Waals surface area contributed by atoms with Crippen LogP contribution in [0.25, 0.3) is 0 Å². The van der Waals surface area contributed by atoms with Gasteiger partial charge in [0.15, 0.2) is 0 Å². The predicted molar refractivity (Wildman–Crippen MR) is 77.8 cm³/mol. The number of hydrogen-bond donors (Lipinski definition) is 2. The molecule has 0 spiro atoms. The van der Waals surface area contributed by atoms with Crippen LogP contribution in [0, 0.1) is 6.92 Å². The van der Waals surface area contributed by atoms with Crippen molar-refractivity contribution in [3.63, 3.8) is 0 Å². The summed E-state index contributed by atoms with van der Waals surface area (Å²) >= 11 is 6.99. The van der Waals surface area contributed by atoms with Crippen LogP contribution in [-0.4, -0.2) is 17.6 Å². The lowest BCUT2D eigenvalue weighted by atomic mass is 10.0. The number of carbonyl (C=O) groups is 1. The molecule has 0 aliphatic carbocycles. The van der Waals surface area contributed by atoms with Crippen molar-refractivity contribution in [1.82, 2.24) is 5.32 Å². The maximum Gasteiger partial charge on any atom is 0.261 e. The Morgan fingerprint density at radius 1 is 1.37 bits per heavy atom. The monoisotopic (exact) mass is 295 g/mol. The Bertz CT molecular complexity index is 582. The molecular formula is C14H14ClNO2S. The lowest BCUT2D eigenvalue weighted by Gasteiger charge is -2.14. The molecule has 1 aromatic heterocycles. The Hall–Kier alpha value is -1.36. The van der Waals surface area contributed by atoms with Gasteiger partial charge in [-0.15, -0.1) is 11.3 Å². The molecule has 5 heteroatoms. The van der Waals surface area contributed by atoms with Gasteiger partial charge >= 0.3 is 0 Å². The number of aliphatic hydroxyl groups is 1. The van der Waals surface area contributed by atoms with E-state index in [1.165, 1.54) is 11.3 Å². The first kappa shape index (κ1) is 14.1. The zero-order valence-electron chi connectivity index (χ0n) is 10.4. The van der Waals surface area contributed by atoms with Crippen LogP contribution in [0.3, 0.4) is 0 Å². The second-order valence-electron chi connectivity index (χ2n) is 4.19. The average molecular weight is 296 g/mol. The first-order valence-corrected chi connectivity index (χ1v) is 7.04. The second kappa shape index (κ2) is 6.19. The average Bonchev–Trinajstić information content (AvgIpc) is 2.83. The van der Waals surface area contributed by atoms with Crippen molar-refractivity contribution in [2.24, 2.45) is 0 Å². The van der Waals surface area contributed by atoms with Crippen molar-refractivity contribution < 1.29 is 9.90 Å². The summed E-state index contributed by atoms with van der Waals surface area (Å²) in [5.41, 5.74) is 1.83. The number of hydrogen-bond acceptors (Lipinski definition) is 3. The predicted octanol–water partition coefficient (Wildman–Crippen LogP) is 3.17. The summed E-state index contributed by atoms with van der Waals surface area (Å²) in [6, 6.07) is 10.9. The number of aliphatic hydroxyl groups excluding tert-OH is 1. The summed E-state index contributed by atoms with van der Waals surface area (Å²) in [5, 5.41) is 12.8. The highest BCUT2D eigenvalue weighted by Gasteiger charge is 2.13. The van der Waals surface area contributed by atoms with Crippen molar-refractivity contribution in [3.05, 3.63) is 56.7 Å². The molecule has 19 heavy (non-hydrogen) atoms. The van der Waals surface area contributed by atoms with Gasteiger partial charge in [-0.1, -0.05) is 35.9 Å². The third-order valence-corrected chi connectivity index (χ3v) is 4.03. The van der Waals surface area contributed by atoms with Crippen LogP contribution in [0.1, 0.15) is 26.9 Å². The fraction of sp³-hybridized carbons (Fsp3) is 0.214. The van der Waals surface area contributed by atoms with E-state index in [1.54, 1.807) is 12.1 Å². The Morgan fingerprint density at radius 2 is 2.11 bits per heavy atom. The molecule has 0 aliphatic heterocycles. The first-order valence-electron chi connectivity index (χ1n) is 5.85. The summed E-state index contributed by atoms with van der Waals surface area (Å²) in [7, 11) is 0. The standard InChI is InChI=1S/C14H14ClNO2S/c1-9-4-2-3-5-10(9)11(17)8-16-14(18)12-6-7-13(15)19-12/h2-7,11,17H,8H2,1H3,(H,16,18)/t11-/m0/s1. The molecule has 2 N–H and O–H groups in total. The Kier molecular flexibility index (Phi) is 4.58. The van der Waals surface area contributed by atoms with Crippen molar-refractivity contribution in [2.45, 2.75) is 13.0 Å². The summed E-state index contributed by atoms with van der Waals surface area (Å²) in [4.78, 5) is 12.4. The number of rotatable bonds is 4. The molecule has 1 aromatic carbocycles. The molecule has 0 unspecified atom stereocenters. The Labute approximate surface area is 120 Å². The van der Waals surface area contributed by atoms with Crippen molar-refractivity contribution in [1.29, 1.82) is 0 Å². The van der Waals surface area contributed by atoms with E-state index in [9.17, 15) is 9.90 Å². The molecule has 3 nitrogen and oxygen atoms in total. The molecule has 0 radical (unpaired) electrons. The van der Waals surface area contributed by atoms with Gasteiger partial charge in [0.25, 0.3) is 5.91 Å². The summed E-state index contributed by atoms with van der Waals surface area (Å²) < 4.78 is 0.574. The third kappa shape index (κ3) is 3.56. The van der Waals surface area contributed by atoms with Gasteiger partial charge < -0.3 is 10.4 Å². The largest absolute Gasteiger partial charge is 0.387 e. The number of nitrogens with one attached hydrogen (secondary N) is 1. The zero-order chi connectivity index (χ0) is 13.8. The highest BCUT2D eigenvalue weighted by molar-refractivity contribution is 7.17. The van der Waals surface area contributed by atoms with E-state index in [0.29, 0.717) is 9.21 Å². The van der Waals surface area contributed by atoms with Gasteiger partial charge in [0.2, 0.25) is 0 Å². The van der Waals surface area contributed by atoms with E-state index in [-0.39, 0.29) is 12.5 Å². The quantitative estimate of drug-likeness (QED) is 0.910. The van der Waals surface area contributed by atoms with E-state index >= 15 is 0 Å². The molecule has 0 saturated heterocycles. The SMILES string of the molecule is Cc1ccccc1[C@@H](O)CNC(=O)c1ccc(Cl)s1. The van der Waals surface area contributed by atoms with Crippen LogP contribution in [-0.2, 0) is 0 Å². The fourth-order valence-electron chi connectivity index (χ4n) is 1.78. The number of aryl methyl sites for hydroxylation is 1. The van der Waals surface area contributed by atoms with Crippen LogP contribution >= 0.6 is 22.9 Å². The number of thiophene rings is 1. The fourth-order valence-corrected chi connectivity index (χ4v) is 2.74. The third-order valence-electron chi connectivity index (χ3n) is 2.80. The van der Waals surface area contributed by atoms with Crippen molar-refractivity contribution in [3.8, 4) is 0 Å². The van der Waals surface area contributed by atoms with Crippen LogP contribution < -0.4 is 5.32 Å². The van der Waals surface area contributed by atoms with Gasteiger partial charge in [0.1, 0.15) is 0 Å². The number of halogens is 1. The van der Waals surface area contributed by atoms with Gasteiger partial charge in [0.05, 0.1) is 15.3 Å². The zero-order valence-corrected chi connectivity index (χ0v) is 12.0. The molecule has 1 atom stereocenters. The highest BCUT2D eigenvalue weighted by Crippen LogP contribution is 2.21. The van der Waals surface area contributed by atoms with E-state index in [1.807, 2.05) is 31.2 Å². The van der Waals surface area contributed by atoms with E-state index in [2.05, 4.69) is 5.32 Å². The van der Waals surface area contributed by atoms with Crippen LogP contribution in [0.5, 0.6) is 0 Å². The molecule has 100 valence electrons. The Balaban J connectivity index is 1.96. The normalized spacial score (nSPS) is 12.2. The summed E-state index contributed by atoms with van der Waals surface area (Å²) in [6.07, 6.45) is -0.708. The van der Waals surface area contributed by atoms with Crippen LogP contribution in [0.2, 0.25) is 4.34 Å². The molecule has 1 amide bonds. The number of amides is 1. The maximum atomic E-state index is 11.8. The maximum absolute atomic E-state index is 11.8. The summed E-state index contributed by atoms with van der Waals surface area (Å²) in [5.74, 6) is -0.218. The van der Waals surface area contributed by atoms with Gasteiger partial charge in [-0.25, -0.2) is 0 Å². The first-order chi connectivity index (χ1) is 9.08. The molecule has 2 rings (SSSR count). The van der Waals surface area contributed by atoms with Crippen molar-refractivity contribution in [2.75, 3.05) is 6.54 Å². The topological polar surface area (TPSA) is 49.3 Å². The minimum Gasteiger partial charge on any atom is -0.387 e. The lowest BCUT2D eigenvalue weighted by molar-refractivity contribution is 0.0920. The minimum absolute atomic E-state index is 0.180. The molecule has 0 saturated carbocycles. The molecule has 0 aliphatic rings. The van der Waals surface area contributed by atoms with Gasteiger partial charge in [-0.3, -0.25) is 4.79 Å². The Morgan fingerprint density at radius 3 is 2.74 bits per heavy atom. The van der Waals surface area contributed by atoms with E-state index < -0.39 is 6.10 Å². The number of carbonyl (C=O) groups excluding carboxylic acids is 1. The molecular weight excluding hydrogens is 282 g/mol. The smallest absolute Gasteiger partial charge is 0.261 e. The van der Waals surface area contributed by atoms with Gasteiger partial charge in [-0.05, 0) is 30.2 Å².